The summed E-state index contributed by atoms with van der Waals surface area (Å²) in [7, 11) is 0. The predicted molar refractivity (Wildman–Crippen MR) is 104 cm³/mol. The summed E-state index contributed by atoms with van der Waals surface area (Å²) in [5.74, 6) is -0.352. The maximum atomic E-state index is 13.9. The molecule has 1 saturated heterocycles. The zero-order chi connectivity index (χ0) is 20.5. The molecule has 152 valence electrons. The Morgan fingerprint density at radius 2 is 2.00 bits per heavy atom. The van der Waals surface area contributed by atoms with Gasteiger partial charge in [-0.05, 0) is 31.5 Å². The third-order valence-corrected chi connectivity index (χ3v) is 4.77. The van der Waals surface area contributed by atoms with Gasteiger partial charge in [0, 0.05) is 30.5 Å². The lowest BCUT2D eigenvalue weighted by Gasteiger charge is -2.26. The summed E-state index contributed by atoms with van der Waals surface area (Å²) in [4.78, 5) is 31.4. The summed E-state index contributed by atoms with van der Waals surface area (Å²) in [5, 5.41) is 7.25. The monoisotopic (exact) mass is 400 g/mol. The quantitative estimate of drug-likeness (QED) is 0.709. The molecule has 0 unspecified atom stereocenters. The van der Waals surface area contributed by atoms with Gasteiger partial charge in [0.25, 0.3) is 0 Å². The van der Waals surface area contributed by atoms with Crippen molar-refractivity contribution in [2.45, 2.75) is 20.4 Å². The van der Waals surface area contributed by atoms with Gasteiger partial charge in [-0.3, -0.25) is 4.79 Å². The highest BCUT2D eigenvalue weighted by atomic mass is 19.1. The van der Waals surface area contributed by atoms with E-state index in [1.807, 2.05) is 0 Å². The Bertz CT molecular complexity index is 1130. The lowest BCUT2D eigenvalue weighted by Crippen LogP contribution is -2.43. The Morgan fingerprint density at radius 3 is 2.72 bits per heavy atom. The molecule has 0 spiro atoms. The second-order valence-electron chi connectivity index (χ2n) is 6.94. The van der Waals surface area contributed by atoms with Crippen molar-refractivity contribution in [2.75, 3.05) is 31.6 Å². The number of carbonyl (C=O) groups excluding carboxylic acids is 1. The molecule has 1 aromatic carbocycles. The fraction of sp³-hybridized carbons (Fsp3) is 0.368. The summed E-state index contributed by atoms with van der Waals surface area (Å²) < 4.78 is 21.5. The molecule has 0 saturated carbocycles. The average molecular weight is 400 g/mol. The van der Waals surface area contributed by atoms with Crippen molar-refractivity contribution in [3.8, 4) is 0 Å². The molecule has 1 aliphatic rings. The van der Waals surface area contributed by atoms with Crippen molar-refractivity contribution in [2.24, 2.45) is 0 Å². The first-order valence-corrected chi connectivity index (χ1v) is 9.28. The number of aryl methyl sites for hydroxylation is 2. The van der Waals surface area contributed by atoms with E-state index in [9.17, 15) is 14.0 Å². The second-order valence-corrected chi connectivity index (χ2v) is 6.94. The highest BCUT2D eigenvalue weighted by Gasteiger charge is 2.20. The lowest BCUT2D eigenvalue weighted by atomic mass is 10.2. The topological polar surface area (TPSA) is 93.8 Å². The average Bonchev–Trinajstić information content (AvgIpc) is 3.00. The zero-order valence-electron chi connectivity index (χ0n) is 16.2. The molecule has 9 nitrogen and oxygen atoms in total. The summed E-state index contributed by atoms with van der Waals surface area (Å²) in [5.41, 5.74) is 1.46. The highest BCUT2D eigenvalue weighted by Crippen LogP contribution is 2.18. The van der Waals surface area contributed by atoms with Crippen LogP contribution in [0.15, 0.2) is 29.1 Å². The van der Waals surface area contributed by atoms with E-state index in [0.717, 1.165) is 4.68 Å². The van der Waals surface area contributed by atoms with Gasteiger partial charge >= 0.3 is 5.69 Å². The van der Waals surface area contributed by atoms with Crippen LogP contribution in [0.2, 0.25) is 0 Å². The number of aromatic nitrogens is 4. The third-order valence-electron chi connectivity index (χ3n) is 4.77. The Labute approximate surface area is 165 Å². The summed E-state index contributed by atoms with van der Waals surface area (Å²) in [6.07, 6.45) is 0. The van der Waals surface area contributed by atoms with Gasteiger partial charge in [-0.2, -0.15) is 0 Å². The van der Waals surface area contributed by atoms with Crippen LogP contribution in [0.25, 0.3) is 5.65 Å². The van der Waals surface area contributed by atoms with Crippen molar-refractivity contribution in [1.82, 2.24) is 24.1 Å². The molecule has 0 atom stereocenters. The van der Waals surface area contributed by atoms with E-state index in [1.165, 1.54) is 10.5 Å². The number of carbonyl (C=O) groups is 1. The molecule has 2 aromatic heterocycles. The van der Waals surface area contributed by atoms with Crippen LogP contribution in [0, 0.1) is 19.7 Å². The van der Waals surface area contributed by atoms with E-state index < -0.39 is 5.69 Å². The van der Waals surface area contributed by atoms with Crippen molar-refractivity contribution in [1.29, 1.82) is 0 Å². The molecular weight excluding hydrogens is 379 g/mol. The number of ether oxygens (including phenoxy) is 1. The van der Waals surface area contributed by atoms with Crippen LogP contribution in [-0.2, 0) is 16.1 Å². The molecule has 1 aliphatic heterocycles. The van der Waals surface area contributed by atoms with Gasteiger partial charge in [0.15, 0.2) is 5.65 Å². The molecule has 0 aliphatic carbocycles. The number of hydrogen-bond acceptors (Lipinski definition) is 6. The maximum Gasteiger partial charge on any atom is 0.353 e. The summed E-state index contributed by atoms with van der Waals surface area (Å²) in [6.45, 7) is 5.22. The van der Waals surface area contributed by atoms with Crippen LogP contribution in [0.3, 0.4) is 0 Å². The van der Waals surface area contributed by atoms with E-state index in [2.05, 4.69) is 15.4 Å². The van der Waals surface area contributed by atoms with Gasteiger partial charge in [0.05, 0.1) is 13.2 Å². The van der Waals surface area contributed by atoms with Crippen molar-refractivity contribution in [3.63, 3.8) is 0 Å². The minimum absolute atomic E-state index is 0.168. The molecule has 1 N–H and O–H groups in total. The molecule has 3 aromatic rings. The van der Waals surface area contributed by atoms with Crippen molar-refractivity contribution in [3.05, 3.63) is 51.8 Å². The van der Waals surface area contributed by atoms with Crippen molar-refractivity contribution < 1.29 is 13.9 Å². The van der Waals surface area contributed by atoms with Gasteiger partial charge in [-0.25, -0.2) is 23.3 Å². The first-order chi connectivity index (χ1) is 13.9. The summed E-state index contributed by atoms with van der Waals surface area (Å²) >= 11 is 0. The molecular formula is C19H21FN6O3. The number of nitrogens with zero attached hydrogens (tertiary/aromatic N) is 5. The molecule has 10 heteroatoms. The SMILES string of the molecule is Cc1cc2nn(CC(=O)N3CCOCC3)c(=O)n2c(Nc2ccc(C)c(F)c2)n1. The van der Waals surface area contributed by atoms with Crippen LogP contribution in [0.4, 0.5) is 16.0 Å². The number of morpholine rings is 1. The second kappa shape index (κ2) is 7.63. The lowest BCUT2D eigenvalue weighted by molar-refractivity contribution is -0.136. The van der Waals surface area contributed by atoms with Gasteiger partial charge in [0.1, 0.15) is 12.4 Å². The Morgan fingerprint density at radius 1 is 1.24 bits per heavy atom. The minimum Gasteiger partial charge on any atom is -0.378 e. The number of rotatable bonds is 4. The van der Waals surface area contributed by atoms with E-state index in [1.54, 1.807) is 36.9 Å². The van der Waals surface area contributed by atoms with Gasteiger partial charge in [-0.15, -0.1) is 5.10 Å². The Balaban J connectivity index is 1.67. The van der Waals surface area contributed by atoms with Crippen LogP contribution in [-0.4, -0.2) is 56.3 Å². The van der Waals surface area contributed by atoms with Gasteiger partial charge in [-0.1, -0.05) is 6.07 Å². The number of fused-ring (bicyclic) bond motifs is 1. The zero-order valence-corrected chi connectivity index (χ0v) is 16.2. The fourth-order valence-electron chi connectivity index (χ4n) is 3.18. The van der Waals surface area contributed by atoms with Crippen LogP contribution in [0.5, 0.6) is 0 Å². The molecule has 4 rings (SSSR count). The number of amides is 1. The Kier molecular flexibility index (Phi) is 5.01. The Hall–Kier alpha value is -3.27. The first-order valence-electron chi connectivity index (χ1n) is 9.28. The van der Waals surface area contributed by atoms with Gasteiger partial charge in [0.2, 0.25) is 11.9 Å². The van der Waals surface area contributed by atoms with Crippen molar-refractivity contribution >= 4 is 23.2 Å². The number of nitrogens with one attached hydrogen (secondary N) is 1. The molecule has 0 bridgehead atoms. The standard InChI is InChI=1S/C19H21FN6O3/c1-12-3-4-14(10-15(12)20)22-18-21-13(2)9-16-23-25(19(28)26(16)18)11-17(27)24-5-7-29-8-6-24/h3-4,9-10H,5-8,11H2,1-2H3,(H,21,22). The van der Waals surface area contributed by atoms with E-state index in [0.29, 0.717) is 48.9 Å². The van der Waals surface area contributed by atoms with Gasteiger partial charge < -0.3 is 15.0 Å². The van der Waals surface area contributed by atoms with Crippen LogP contribution >= 0.6 is 0 Å². The molecule has 29 heavy (non-hydrogen) atoms. The predicted octanol–water partition coefficient (Wildman–Crippen LogP) is 1.25. The number of benzene rings is 1. The maximum absolute atomic E-state index is 13.9. The first kappa shape index (κ1) is 19.1. The largest absolute Gasteiger partial charge is 0.378 e. The molecule has 1 fully saturated rings. The van der Waals surface area contributed by atoms with E-state index >= 15 is 0 Å². The number of hydrogen-bond donors (Lipinski definition) is 1. The number of halogens is 1. The molecule has 0 radical (unpaired) electrons. The molecule has 3 heterocycles. The highest BCUT2D eigenvalue weighted by molar-refractivity contribution is 5.76. The minimum atomic E-state index is -0.496. The van der Waals surface area contributed by atoms with Crippen LogP contribution in [0.1, 0.15) is 11.3 Å². The van der Waals surface area contributed by atoms with Crippen LogP contribution < -0.4 is 11.0 Å². The third kappa shape index (κ3) is 3.83. The van der Waals surface area contributed by atoms with E-state index in [4.69, 9.17) is 4.74 Å². The van der Waals surface area contributed by atoms with E-state index in [-0.39, 0.29) is 24.2 Å². The molecule has 1 amide bonds. The normalized spacial score (nSPS) is 14.4. The number of anilines is 2. The smallest absolute Gasteiger partial charge is 0.353 e. The fourth-order valence-corrected chi connectivity index (χ4v) is 3.18. The summed E-state index contributed by atoms with van der Waals surface area (Å²) in [6, 6.07) is 6.32.